The second-order valence-corrected chi connectivity index (χ2v) is 5.89. The number of fused-ring (bicyclic) bond motifs is 3. The van der Waals surface area contributed by atoms with E-state index in [1.807, 2.05) is 42.5 Å². The van der Waals surface area contributed by atoms with Crippen molar-refractivity contribution in [1.29, 1.82) is 0 Å². The molecule has 2 bridgehead atoms. The van der Waals surface area contributed by atoms with Crippen molar-refractivity contribution in [2.75, 3.05) is 5.32 Å². The molecular weight excluding hydrogens is 294 g/mol. The van der Waals surface area contributed by atoms with Crippen LogP contribution in [-0.2, 0) is 14.3 Å². The van der Waals surface area contributed by atoms with E-state index in [1.54, 1.807) is 12.2 Å². The van der Waals surface area contributed by atoms with Crippen molar-refractivity contribution < 1.29 is 19.4 Å². The van der Waals surface area contributed by atoms with Gasteiger partial charge in [0, 0.05) is 5.69 Å². The van der Waals surface area contributed by atoms with Crippen molar-refractivity contribution in [3.8, 4) is 0 Å². The number of anilines is 1. The van der Waals surface area contributed by atoms with Crippen LogP contribution in [0.5, 0.6) is 0 Å². The molecule has 1 saturated heterocycles. The Kier molecular flexibility index (Phi) is 3.16. The molecule has 1 fully saturated rings. The van der Waals surface area contributed by atoms with Crippen molar-refractivity contribution in [3.05, 3.63) is 54.6 Å². The Morgan fingerprint density at radius 2 is 1.65 bits per heavy atom. The molecule has 2 N–H and O–H groups in total. The summed E-state index contributed by atoms with van der Waals surface area (Å²) in [4.78, 5) is 24.0. The molecule has 0 aromatic heterocycles. The summed E-state index contributed by atoms with van der Waals surface area (Å²) in [6.45, 7) is 0. The van der Waals surface area contributed by atoms with Crippen LogP contribution in [0.3, 0.4) is 0 Å². The van der Waals surface area contributed by atoms with Crippen molar-refractivity contribution in [3.63, 3.8) is 0 Å². The number of hydrogen-bond acceptors (Lipinski definition) is 3. The van der Waals surface area contributed by atoms with Crippen LogP contribution in [0.15, 0.2) is 54.6 Å². The Bertz CT molecular complexity index is 829. The van der Waals surface area contributed by atoms with E-state index in [0.29, 0.717) is 5.69 Å². The lowest BCUT2D eigenvalue weighted by Gasteiger charge is -2.21. The fourth-order valence-electron chi connectivity index (χ4n) is 3.41. The van der Waals surface area contributed by atoms with Gasteiger partial charge in [0.15, 0.2) is 0 Å². The summed E-state index contributed by atoms with van der Waals surface area (Å²) in [5.74, 6) is -2.84. The van der Waals surface area contributed by atoms with Gasteiger partial charge in [0.2, 0.25) is 5.91 Å². The van der Waals surface area contributed by atoms with Crippen LogP contribution < -0.4 is 5.32 Å². The first-order valence-electron chi connectivity index (χ1n) is 7.50. The summed E-state index contributed by atoms with van der Waals surface area (Å²) in [5, 5.41) is 14.3. The maximum Gasteiger partial charge on any atom is 0.310 e. The van der Waals surface area contributed by atoms with Crippen LogP contribution >= 0.6 is 0 Å². The SMILES string of the molecule is O=C(Nc1ccc2ccccc2c1)[C@@H]1[C@H](C(=O)O)[C@@H]2C=C[C@H]1O2. The number of nitrogens with one attached hydrogen (secondary N) is 1. The first-order chi connectivity index (χ1) is 11.1. The van der Waals surface area contributed by atoms with Gasteiger partial charge in [-0.05, 0) is 22.9 Å². The molecule has 2 heterocycles. The number of hydrogen-bond donors (Lipinski definition) is 2. The fraction of sp³-hybridized carbons (Fsp3) is 0.222. The molecule has 5 nitrogen and oxygen atoms in total. The summed E-state index contributed by atoms with van der Waals surface area (Å²) in [7, 11) is 0. The van der Waals surface area contributed by atoms with Gasteiger partial charge < -0.3 is 15.2 Å². The highest BCUT2D eigenvalue weighted by Gasteiger charge is 2.53. The van der Waals surface area contributed by atoms with E-state index in [2.05, 4.69) is 5.32 Å². The number of rotatable bonds is 3. The molecule has 2 aliphatic heterocycles. The molecule has 0 spiro atoms. The minimum atomic E-state index is -1.000. The van der Waals surface area contributed by atoms with E-state index in [-0.39, 0.29) is 5.91 Å². The number of carboxylic acid groups (broad SMARTS) is 1. The Morgan fingerprint density at radius 3 is 2.39 bits per heavy atom. The van der Waals surface area contributed by atoms with Gasteiger partial charge in [0.25, 0.3) is 0 Å². The van der Waals surface area contributed by atoms with Gasteiger partial charge in [-0.25, -0.2) is 0 Å². The number of carbonyl (C=O) groups excluding carboxylic acids is 1. The van der Waals surface area contributed by atoms with Gasteiger partial charge >= 0.3 is 5.97 Å². The Hall–Kier alpha value is -2.66. The summed E-state index contributed by atoms with van der Waals surface area (Å²) >= 11 is 0. The minimum Gasteiger partial charge on any atom is -0.481 e. The number of ether oxygens (including phenoxy) is 1. The third kappa shape index (κ3) is 2.29. The number of aliphatic carboxylic acids is 1. The molecule has 23 heavy (non-hydrogen) atoms. The lowest BCUT2D eigenvalue weighted by molar-refractivity contribution is -0.145. The largest absolute Gasteiger partial charge is 0.481 e. The minimum absolute atomic E-state index is 0.315. The van der Waals surface area contributed by atoms with E-state index in [4.69, 9.17) is 4.74 Å². The average molecular weight is 309 g/mol. The van der Waals surface area contributed by atoms with Gasteiger partial charge in [0.1, 0.15) is 5.92 Å². The lowest BCUT2D eigenvalue weighted by Crippen LogP contribution is -2.39. The van der Waals surface area contributed by atoms with E-state index >= 15 is 0 Å². The monoisotopic (exact) mass is 309 g/mol. The normalized spacial score (nSPS) is 28.2. The number of benzene rings is 2. The zero-order valence-electron chi connectivity index (χ0n) is 12.2. The average Bonchev–Trinajstić information content (AvgIpc) is 3.15. The molecular formula is C18H15NO4. The maximum atomic E-state index is 12.6. The van der Waals surface area contributed by atoms with Crippen molar-refractivity contribution in [2.45, 2.75) is 12.2 Å². The topological polar surface area (TPSA) is 75.6 Å². The van der Waals surface area contributed by atoms with Crippen LogP contribution in [0.1, 0.15) is 0 Å². The quantitative estimate of drug-likeness (QED) is 0.854. The van der Waals surface area contributed by atoms with Gasteiger partial charge in [0.05, 0.1) is 18.1 Å². The highest BCUT2D eigenvalue weighted by molar-refractivity contribution is 5.98. The molecule has 4 atom stereocenters. The molecule has 0 radical (unpaired) electrons. The molecule has 5 heteroatoms. The zero-order chi connectivity index (χ0) is 16.0. The summed E-state index contributed by atoms with van der Waals surface area (Å²) in [6, 6.07) is 13.5. The van der Waals surface area contributed by atoms with E-state index in [1.165, 1.54) is 0 Å². The molecule has 1 amide bonds. The lowest BCUT2D eigenvalue weighted by atomic mass is 9.82. The van der Waals surface area contributed by atoms with Crippen LogP contribution in [0.2, 0.25) is 0 Å². The van der Waals surface area contributed by atoms with Gasteiger partial charge in [-0.1, -0.05) is 42.5 Å². The molecule has 0 aliphatic carbocycles. The molecule has 2 aromatic rings. The first kappa shape index (κ1) is 14.0. The van der Waals surface area contributed by atoms with Gasteiger partial charge in [-0.3, -0.25) is 9.59 Å². The molecule has 4 rings (SSSR count). The number of carbonyl (C=O) groups is 2. The van der Waals surface area contributed by atoms with E-state index < -0.39 is 30.0 Å². The fourth-order valence-corrected chi connectivity index (χ4v) is 3.41. The summed E-state index contributed by atoms with van der Waals surface area (Å²) in [5.41, 5.74) is 0.657. The summed E-state index contributed by atoms with van der Waals surface area (Å²) in [6.07, 6.45) is 2.53. The zero-order valence-corrected chi connectivity index (χ0v) is 12.2. The summed E-state index contributed by atoms with van der Waals surface area (Å²) < 4.78 is 5.54. The van der Waals surface area contributed by atoms with Gasteiger partial charge in [-0.15, -0.1) is 0 Å². The second-order valence-electron chi connectivity index (χ2n) is 5.89. The highest BCUT2D eigenvalue weighted by Crippen LogP contribution is 2.39. The second kappa shape index (κ2) is 5.21. The number of carboxylic acids is 1. The Balaban J connectivity index is 1.59. The first-order valence-corrected chi connectivity index (χ1v) is 7.50. The van der Waals surface area contributed by atoms with Crippen molar-refractivity contribution in [1.82, 2.24) is 0 Å². The predicted octanol–water partition coefficient (Wildman–Crippen LogP) is 2.43. The predicted molar refractivity (Wildman–Crippen MR) is 85.0 cm³/mol. The van der Waals surface area contributed by atoms with Gasteiger partial charge in [-0.2, -0.15) is 0 Å². The van der Waals surface area contributed by atoms with Crippen LogP contribution in [0, 0.1) is 11.8 Å². The Labute approximate surface area is 132 Å². The smallest absolute Gasteiger partial charge is 0.310 e. The molecule has 0 saturated carbocycles. The van der Waals surface area contributed by atoms with Crippen LogP contribution in [0.25, 0.3) is 10.8 Å². The van der Waals surface area contributed by atoms with Crippen LogP contribution in [0.4, 0.5) is 5.69 Å². The highest BCUT2D eigenvalue weighted by atomic mass is 16.5. The number of amides is 1. The molecule has 116 valence electrons. The standard InChI is InChI=1S/C18H15NO4/c20-17(15-13-7-8-14(23-13)16(15)18(21)22)19-12-6-5-10-3-1-2-4-11(10)9-12/h1-9,13-16H,(H,19,20)(H,21,22)/t13-,14+,15+,16-/m1/s1. The van der Waals surface area contributed by atoms with Crippen molar-refractivity contribution >= 4 is 28.3 Å². The van der Waals surface area contributed by atoms with Crippen LogP contribution in [-0.4, -0.2) is 29.2 Å². The van der Waals surface area contributed by atoms with E-state index in [0.717, 1.165) is 10.8 Å². The molecule has 2 aromatic carbocycles. The third-order valence-corrected chi connectivity index (χ3v) is 4.50. The maximum absolute atomic E-state index is 12.6. The third-order valence-electron chi connectivity index (χ3n) is 4.50. The molecule has 2 aliphatic rings. The molecule has 0 unspecified atom stereocenters. The van der Waals surface area contributed by atoms with E-state index in [9.17, 15) is 14.7 Å². The van der Waals surface area contributed by atoms with Crippen molar-refractivity contribution in [2.24, 2.45) is 11.8 Å². The Morgan fingerprint density at radius 1 is 0.957 bits per heavy atom.